The van der Waals surface area contributed by atoms with E-state index in [9.17, 15) is 0 Å². The first-order valence-corrected chi connectivity index (χ1v) is 5.05. The van der Waals surface area contributed by atoms with E-state index in [1.165, 1.54) is 0 Å². The summed E-state index contributed by atoms with van der Waals surface area (Å²) in [4.78, 5) is 4.02. The SMILES string of the molecule is COCCOCCCn1cnc(CO)c1. The number of aliphatic hydroxyl groups is 1. The molecule has 0 aliphatic carbocycles. The zero-order valence-corrected chi connectivity index (χ0v) is 9.06. The number of aryl methyl sites for hydroxylation is 1. The van der Waals surface area contributed by atoms with Crippen molar-refractivity contribution in [3.63, 3.8) is 0 Å². The van der Waals surface area contributed by atoms with Gasteiger partial charge in [0.05, 0.1) is 31.8 Å². The van der Waals surface area contributed by atoms with Gasteiger partial charge in [-0.15, -0.1) is 0 Å². The Morgan fingerprint density at radius 3 is 2.93 bits per heavy atom. The van der Waals surface area contributed by atoms with Crippen molar-refractivity contribution in [3.05, 3.63) is 18.2 Å². The molecule has 0 aliphatic heterocycles. The van der Waals surface area contributed by atoms with Gasteiger partial charge in [-0.05, 0) is 6.42 Å². The quantitative estimate of drug-likeness (QED) is 0.637. The van der Waals surface area contributed by atoms with E-state index in [1.807, 2.05) is 10.8 Å². The molecule has 0 saturated heterocycles. The van der Waals surface area contributed by atoms with Crippen LogP contribution >= 0.6 is 0 Å². The molecule has 1 aromatic heterocycles. The molecule has 0 spiro atoms. The molecular weight excluding hydrogens is 196 g/mol. The zero-order valence-electron chi connectivity index (χ0n) is 9.06. The molecule has 5 nitrogen and oxygen atoms in total. The Morgan fingerprint density at radius 1 is 1.40 bits per heavy atom. The maximum atomic E-state index is 8.81. The Kier molecular flexibility index (Phi) is 5.99. The number of hydrogen-bond donors (Lipinski definition) is 1. The van der Waals surface area contributed by atoms with Crippen LogP contribution in [0.1, 0.15) is 12.1 Å². The lowest BCUT2D eigenvalue weighted by molar-refractivity contribution is 0.0680. The largest absolute Gasteiger partial charge is 0.390 e. The molecule has 1 N–H and O–H groups in total. The van der Waals surface area contributed by atoms with E-state index in [1.54, 1.807) is 13.4 Å². The van der Waals surface area contributed by atoms with Crippen LogP contribution in [-0.2, 0) is 22.6 Å². The van der Waals surface area contributed by atoms with Crippen LogP contribution in [0.25, 0.3) is 0 Å². The lowest BCUT2D eigenvalue weighted by Crippen LogP contribution is -2.05. The van der Waals surface area contributed by atoms with Gasteiger partial charge < -0.3 is 19.1 Å². The molecule has 0 saturated carbocycles. The molecule has 0 bridgehead atoms. The Morgan fingerprint density at radius 2 is 2.27 bits per heavy atom. The molecule has 0 aliphatic rings. The second-order valence-electron chi connectivity index (χ2n) is 3.22. The Hall–Kier alpha value is -0.910. The lowest BCUT2D eigenvalue weighted by Gasteiger charge is -2.03. The number of methoxy groups -OCH3 is 1. The van der Waals surface area contributed by atoms with Crippen LogP contribution in [0.3, 0.4) is 0 Å². The molecule has 0 atom stereocenters. The van der Waals surface area contributed by atoms with Crippen LogP contribution in [0.2, 0.25) is 0 Å². The van der Waals surface area contributed by atoms with E-state index in [4.69, 9.17) is 14.6 Å². The van der Waals surface area contributed by atoms with Gasteiger partial charge in [0.25, 0.3) is 0 Å². The minimum absolute atomic E-state index is 0.00264. The summed E-state index contributed by atoms with van der Waals surface area (Å²) in [6, 6.07) is 0. The molecule has 0 amide bonds. The summed E-state index contributed by atoms with van der Waals surface area (Å²) in [7, 11) is 1.66. The van der Waals surface area contributed by atoms with E-state index in [0.29, 0.717) is 18.9 Å². The fourth-order valence-corrected chi connectivity index (χ4v) is 1.20. The van der Waals surface area contributed by atoms with E-state index < -0.39 is 0 Å². The molecule has 86 valence electrons. The van der Waals surface area contributed by atoms with Crippen molar-refractivity contribution in [1.82, 2.24) is 9.55 Å². The van der Waals surface area contributed by atoms with Gasteiger partial charge in [-0.1, -0.05) is 0 Å². The first-order valence-electron chi connectivity index (χ1n) is 5.05. The van der Waals surface area contributed by atoms with Crippen LogP contribution < -0.4 is 0 Å². The normalized spacial score (nSPS) is 10.8. The molecule has 0 unspecified atom stereocenters. The third-order valence-electron chi connectivity index (χ3n) is 1.99. The van der Waals surface area contributed by atoms with Gasteiger partial charge in [-0.2, -0.15) is 0 Å². The average Bonchev–Trinajstić information content (AvgIpc) is 2.71. The van der Waals surface area contributed by atoms with Crippen molar-refractivity contribution >= 4 is 0 Å². The van der Waals surface area contributed by atoms with Crippen LogP contribution in [-0.4, -0.2) is 41.6 Å². The maximum Gasteiger partial charge on any atom is 0.0950 e. The van der Waals surface area contributed by atoms with Crippen molar-refractivity contribution in [1.29, 1.82) is 0 Å². The highest BCUT2D eigenvalue weighted by Gasteiger charge is 1.96. The summed E-state index contributed by atoms with van der Waals surface area (Å²) in [6.45, 7) is 2.86. The lowest BCUT2D eigenvalue weighted by atomic mass is 10.4. The first-order chi connectivity index (χ1) is 7.36. The number of hydrogen-bond acceptors (Lipinski definition) is 4. The smallest absolute Gasteiger partial charge is 0.0950 e. The number of imidazole rings is 1. The van der Waals surface area contributed by atoms with Crippen molar-refractivity contribution in [2.45, 2.75) is 19.6 Å². The molecule has 1 heterocycles. The summed E-state index contributed by atoms with van der Waals surface area (Å²) in [5, 5.41) is 8.81. The highest BCUT2D eigenvalue weighted by molar-refractivity contribution is 4.93. The van der Waals surface area contributed by atoms with Gasteiger partial charge in [-0.25, -0.2) is 4.98 Å². The summed E-state index contributed by atoms with van der Waals surface area (Å²) in [5.74, 6) is 0. The summed E-state index contributed by atoms with van der Waals surface area (Å²) in [6.07, 6.45) is 4.50. The number of aliphatic hydroxyl groups excluding tert-OH is 1. The molecule has 15 heavy (non-hydrogen) atoms. The zero-order chi connectivity index (χ0) is 10.9. The Balaban J connectivity index is 2.04. The van der Waals surface area contributed by atoms with Gasteiger partial charge >= 0.3 is 0 Å². The third-order valence-corrected chi connectivity index (χ3v) is 1.99. The van der Waals surface area contributed by atoms with Crippen molar-refractivity contribution in [3.8, 4) is 0 Å². The number of nitrogens with zero attached hydrogens (tertiary/aromatic N) is 2. The topological polar surface area (TPSA) is 56.5 Å². The fourth-order valence-electron chi connectivity index (χ4n) is 1.20. The van der Waals surface area contributed by atoms with E-state index >= 15 is 0 Å². The second-order valence-corrected chi connectivity index (χ2v) is 3.22. The molecule has 5 heteroatoms. The maximum absolute atomic E-state index is 8.81. The van der Waals surface area contributed by atoms with Crippen molar-refractivity contribution < 1.29 is 14.6 Å². The standard InChI is InChI=1S/C10H18N2O3/c1-14-5-6-15-4-2-3-12-7-10(8-13)11-9-12/h7,9,13H,2-6,8H2,1H3. The minimum atomic E-state index is -0.00264. The van der Waals surface area contributed by atoms with Crippen LogP contribution in [0.5, 0.6) is 0 Å². The van der Waals surface area contributed by atoms with E-state index in [2.05, 4.69) is 4.98 Å². The minimum Gasteiger partial charge on any atom is -0.390 e. The van der Waals surface area contributed by atoms with Crippen molar-refractivity contribution in [2.75, 3.05) is 26.9 Å². The summed E-state index contributed by atoms with van der Waals surface area (Å²) < 4.78 is 12.1. The van der Waals surface area contributed by atoms with Gasteiger partial charge in [0.1, 0.15) is 0 Å². The Bertz CT molecular complexity index is 263. The highest BCUT2D eigenvalue weighted by atomic mass is 16.5. The monoisotopic (exact) mass is 214 g/mol. The third kappa shape index (κ3) is 4.92. The van der Waals surface area contributed by atoms with E-state index in [-0.39, 0.29) is 6.61 Å². The first kappa shape index (κ1) is 12.2. The van der Waals surface area contributed by atoms with Gasteiger partial charge in [0.2, 0.25) is 0 Å². The van der Waals surface area contributed by atoms with Crippen LogP contribution in [0, 0.1) is 0 Å². The Labute approximate surface area is 89.6 Å². The second kappa shape index (κ2) is 7.39. The number of aromatic nitrogens is 2. The molecule has 1 aromatic rings. The predicted molar refractivity (Wildman–Crippen MR) is 55.5 cm³/mol. The number of rotatable bonds is 8. The van der Waals surface area contributed by atoms with Gasteiger partial charge in [0, 0.05) is 26.5 Å². The molecule has 0 aromatic carbocycles. The van der Waals surface area contributed by atoms with Gasteiger partial charge in [0.15, 0.2) is 0 Å². The van der Waals surface area contributed by atoms with E-state index in [0.717, 1.165) is 19.6 Å². The fraction of sp³-hybridized carbons (Fsp3) is 0.700. The molecular formula is C10H18N2O3. The van der Waals surface area contributed by atoms with Crippen LogP contribution in [0.15, 0.2) is 12.5 Å². The summed E-state index contributed by atoms with van der Waals surface area (Å²) in [5.41, 5.74) is 0.704. The highest BCUT2D eigenvalue weighted by Crippen LogP contribution is 1.97. The molecule has 0 fully saturated rings. The van der Waals surface area contributed by atoms with Gasteiger partial charge in [-0.3, -0.25) is 0 Å². The molecule has 1 rings (SSSR count). The average molecular weight is 214 g/mol. The predicted octanol–water partition coefficient (Wildman–Crippen LogP) is 0.428. The molecule has 0 radical (unpaired) electrons. The van der Waals surface area contributed by atoms with Crippen LogP contribution in [0.4, 0.5) is 0 Å². The van der Waals surface area contributed by atoms with Crippen molar-refractivity contribution in [2.24, 2.45) is 0 Å². The summed E-state index contributed by atoms with van der Waals surface area (Å²) >= 11 is 0. The number of ether oxygens (including phenoxy) is 2.